The zero-order valence-electron chi connectivity index (χ0n) is 28.3. The molecule has 2 amide bonds. The van der Waals surface area contributed by atoms with Gasteiger partial charge in [-0.2, -0.15) is 0 Å². The van der Waals surface area contributed by atoms with Crippen LogP contribution in [-0.2, 0) is 28.7 Å². The first-order valence-corrected chi connectivity index (χ1v) is 17.1. The van der Waals surface area contributed by atoms with E-state index in [4.69, 9.17) is 9.47 Å². The van der Waals surface area contributed by atoms with E-state index in [2.05, 4.69) is 0 Å². The molecule has 6 rings (SSSR count). The molecule has 0 saturated carbocycles. The van der Waals surface area contributed by atoms with E-state index in [1.807, 2.05) is 102 Å². The van der Waals surface area contributed by atoms with Crippen LogP contribution in [0.3, 0.4) is 0 Å². The lowest BCUT2D eigenvalue weighted by molar-refractivity contribution is -0.138. The molecule has 4 aromatic carbocycles. The van der Waals surface area contributed by atoms with Gasteiger partial charge in [0, 0.05) is 25.2 Å². The Balaban J connectivity index is 1.28. The third kappa shape index (κ3) is 7.44. The van der Waals surface area contributed by atoms with Crippen molar-refractivity contribution in [3.05, 3.63) is 131 Å². The number of ether oxygens (including phenoxy) is 2. The molecule has 2 aliphatic heterocycles. The van der Waals surface area contributed by atoms with Crippen LogP contribution in [0.2, 0.25) is 0 Å². The molecule has 0 bridgehead atoms. The fourth-order valence-electron chi connectivity index (χ4n) is 6.75. The first kappa shape index (κ1) is 34.1. The summed E-state index contributed by atoms with van der Waals surface area (Å²) in [5.41, 5.74) is 6.66. The van der Waals surface area contributed by atoms with Crippen LogP contribution in [0, 0.1) is 0 Å². The molecular weight excluding hydrogens is 628 g/mol. The molecular formula is C42H40N2O6. The first-order chi connectivity index (χ1) is 24.4. The molecule has 2 atom stereocenters. The Hall–Kier alpha value is -5.76. The summed E-state index contributed by atoms with van der Waals surface area (Å²) >= 11 is 0. The standard InChI is InChI=1S/C42H40N2O6/c1-3-49-39(45)21-19-30-13-8-9-16-37(30)43-25-24-36(42(43)48)34-15-10-14-32(27-34)33-18-17-31(20-22-40(46)50-4-2)38(28-33)44-26-23-35(41(44)47)29-11-6-5-7-12-29/h5-22,27-28,35-36H,3-4,23-26H2,1-2H3/b21-19+,22-20+/t35-,36+/m1/s1. The number of rotatable bonds is 11. The summed E-state index contributed by atoms with van der Waals surface area (Å²) in [5, 5.41) is 0. The molecule has 8 nitrogen and oxygen atoms in total. The molecule has 0 radical (unpaired) electrons. The summed E-state index contributed by atoms with van der Waals surface area (Å²) in [6, 6.07) is 31.2. The highest BCUT2D eigenvalue weighted by Crippen LogP contribution is 2.39. The lowest BCUT2D eigenvalue weighted by Crippen LogP contribution is -2.27. The molecule has 254 valence electrons. The number of nitrogens with zero attached hydrogens (tertiary/aromatic N) is 2. The van der Waals surface area contributed by atoms with Gasteiger partial charge in [-0.3, -0.25) is 9.59 Å². The van der Waals surface area contributed by atoms with Crippen molar-refractivity contribution >= 4 is 47.3 Å². The molecule has 0 unspecified atom stereocenters. The minimum atomic E-state index is -0.446. The van der Waals surface area contributed by atoms with Gasteiger partial charge in [0.25, 0.3) is 0 Å². The molecule has 0 spiro atoms. The van der Waals surface area contributed by atoms with E-state index >= 15 is 0 Å². The van der Waals surface area contributed by atoms with E-state index in [-0.39, 0.29) is 30.3 Å². The van der Waals surface area contributed by atoms with Crippen molar-refractivity contribution in [1.29, 1.82) is 0 Å². The largest absolute Gasteiger partial charge is 0.463 e. The second kappa shape index (κ2) is 15.6. The number of hydrogen-bond donors (Lipinski definition) is 0. The smallest absolute Gasteiger partial charge is 0.330 e. The van der Waals surface area contributed by atoms with Crippen LogP contribution in [0.1, 0.15) is 60.8 Å². The minimum Gasteiger partial charge on any atom is -0.463 e. The third-order valence-electron chi connectivity index (χ3n) is 9.16. The lowest BCUT2D eigenvalue weighted by atomic mass is 9.93. The highest BCUT2D eigenvalue weighted by molar-refractivity contribution is 6.04. The van der Waals surface area contributed by atoms with Gasteiger partial charge >= 0.3 is 11.9 Å². The van der Waals surface area contributed by atoms with E-state index in [0.717, 1.165) is 39.1 Å². The SMILES string of the molecule is CCOC(=O)/C=C/c1ccccc1N1CC[C@@H](c2cccc(-c3ccc(/C=C/C(=O)OCC)c(N4CC[C@H](c5ccccc5)C4=O)c3)c2)C1=O. The Morgan fingerprint density at radius 1 is 0.620 bits per heavy atom. The number of anilines is 2. The van der Waals surface area contributed by atoms with Crippen molar-refractivity contribution in [2.45, 2.75) is 38.5 Å². The van der Waals surface area contributed by atoms with Gasteiger partial charge in [0.15, 0.2) is 0 Å². The quantitative estimate of drug-likeness (QED) is 0.121. The topological polar surface area (TPSA) is 93.2 Å². The average molecular weight is 669 g/mol. The summed E-state index contributed by atoms with van der Waals surface area (Å²) in [4.78, 5) is 55.5. The van der Waals surface area contributed by atoms with Crippen molar-refractivity contribution < 1.29 is 28.7 Å². The second-order valence-electron chi connectivity index (χ2n) is 12.2. The Kier molecular flexibility index (Phi) is 10.7. The second-order valence-corrected chi connectivity index (χ2v) is 12.2. The van der Waals surface area contributed by atoms with Crippen LogP contribution < -0.4 is 9.80 Å². The third-order valence-corrected chi connectivity index (χ3v) is 9.16. The fraction of sp³-hybridized carbons (Fsp3) is 0.238. The average Bonchev–Trinajstić information content (AvgIpc) is 3.72. The zero-order chi connectivity index (χ0) is 35.0. The van der Waals surface area contributed by atoms with Crippen LogP contribution in [-0.4, -0.2) is 50.1 Å². The maximum atomic E-state index is 13.9. The van der Waals surface area contributed by atoms with Crippen LogP contribution in [0.5, 0.6) is 0 Å². The monoisotopic (exact) mass is 668 g/mol. The van der Waals surface area contributed by atoms with Crippen LogP contribution >= 0.6 is 0 Å². The summed E-state index contributed by atoms with van der Waals surface area (Å²) in [6.45, 7) is 5.17. The van der Waals surface area contributed by atoms with Crippen LogP contribution in [0.15, 0.2) is 109 Å². The van der Waals surface area contributed by atoms with Crippen LogP contribution in [0.4, 0.5) is 11.4 Å². The predicted molar refractivity (Wildman–Crippen MR) is 196 cm³/mol. The van der Waals surface area contributed by atoms with Crippen molar-refractivity contribution in [3.8, 4) is 11.1 Å². The molecule has 8 heteroatoms. The Morgan fingerprint density at radius 2 is 1.16 bits per heavy atom. The van der Waals surface area contributed by atoms with E-state index in [9.17, 15) is 19.2 Å². The van der Waals surface area contributed by atoms with E-state index < -0.39 is 11.9 Å². The van der Waals surface area contributed by atoms with Gasteiger partial charge in [0.2, 0.25) is 11.8 Å². The molecule has 2 aliphatic rings. The fourth-order valence-corrected chi connectivity index (χ4v) is 6.75. The van der Waals surface area contributed by atoms with Crippen molar-refractivity contribution in [3.63, 3.8) is 0 Å². The summed E-state index contributed by atoms with van der Waals surface area (Å²) in [7, 11) is 0. The Labute approximate surface area is 292 Å². The number of esters is 2. The van der Waals surface area contributed by atoms with E-state index in [0.29, 0.717) is 38.2 Å². The number of hydrogen-bond acceptors (Lipinski definition) is 6. The Bertz CT molecular complexity index is 1950. The lowest BCUT2D eigenvalue weighted by Gasteiger charge is -2.21. The molecule has 2 heterocycles. The Morgan fingerprint density at radius 3 is 1.82 bits per heavy atom. The molecule has 0 aliphatic carbocycles. The van der Waals surface area contributed by atoms with Crippen LogP contribution in [0.25, 0.3) is 23.3 Å². The van der Waals surface area contributed by atoms with Crippen molar-refractivity contribution in [2.24, 2.45) is 0 Å². The maximum absolute atomic E-state index is 13.9. The highest BCUT2D eigenvalue weighted by Gasteiger charge is 2.36. The molecule has 2 saturated heterocycles. The first-order valence-electron chi connectivity index (χ1n) is 17.1. The number of carbonyl (C=O) groups is 4. The van der Waals surface area contributed by atoms with E-state index in [1.54, 1.807) is 30.9 Å². The summed E-state index contributed by atoms with van der Waals surface area (Å²) in [6.07, 6.45) is 7.48. The molecule has 4 aromatic rings. The predicted octanol–water partition coefficient (Wildman–Crippen LogP) is 7.55. The van der Waals surface area contributed by atoms with Gasteiger partial charge in [-0.05, 0) is 84.4 Å². The molecule has 2 fully saturated rings. The highest BCUT2D eigenvalue weighted by atomic mass is 16.5. The van der Waals surface area contributed by atoms with Crippen molar-refractivity contribution in [1.82, 2.24) is 0 Å². The molecule has 0 aromatic heterocycles. The van der Waals surface area contributed by atoms with E-state index in [1.165, 1.54) is 12.2 Å². The van der Waals surface area contributed by atoms with Crippen molar-refractivity contribution in [2.75, 3.05) is 36.1 Å². The maximum Gasteiger partial charge on any atom is 0.330 e. The number of benzene rings is 4. The van der Waals surface area contributed by atoms with Gasteiger partial charge in [0.1, 0.15) is 0 Å². The number of amides is 2. The normalized spacial score (nSPS) is 17.6. The zero-order valence-corrected chi connectivity index (χ0v) is 28.3. The molecule has 0 N–H and O–H groups in total. The van der Waals surface area contributed by atoms with Gasteiger partial charge in [0.05, 0.1) is 36.4 Å². The van der Waals surface area contributed by atoms with Gasteiger partial charge in [-0.15, -0.1) is 0 Å². The number of para-hydroxylation sites is 1. The van der Waals surface area contributed by atoms with Gasteiger partial charge in [-0.25, -0.2) is 9.59 Å². The molecule has 50 heavy (non-hydrogen) atoms. The summed E-state index contributed by atoms with van der Waals surface area (Å²) in [5.74, 6) is -1.45. The van der Waals surface area contributed by atoms with Gasteiger partial charge in [-0.1, -0.05) is 84.9 Å². The summed E-state index contributed by atoms with van der Waals surface area (Å²) < 4.78 is 10.1. The minimum absolute atomic E-state index is 0.00566. The van der Waals surface area contributed by atoms with Gasteiger partial charge < -0.3 is 19.3 Å². The number of carbonyl (C=O) groups excluding carboxylic acids is 4.